The van der Waals surface area contributed by atoms with Gasteiger partial charge in [-0.2, -0.15) is 0 Å². The van der Waals surface area contributed by atoms with Crippen LogP contribution in [0.15, 0.2) is 35.3 Å². The Labute approximate surface area is 176 Å². The maximum Gasteiger partial charge on any atom is 0.190 e. The van der Waals surface area contributed by atoms with Crippen molar-refractivity contribution in [2.75, 3.05) is 59.6 Å². The lowest BCUT2D eigenvalue weighted by Crippen LogP contribution is -2.40. The van der Waals surface area contributed by atoms with Crippen LogP contribution in [0, 0.1) is 5.92 Å². The Bertz CT molecular complexity index is 590. The van der Waals surface area contributed by atoms with Crippen molar-refractivity contribution in [1.29, 1.82) is 0 Å². The zero-order valence-electron chi connectivity index (χ0n) is 17.9. The van der Waals surface area contributed by atoms with Gasteiger partial charge >= 0.3 is 0 Å². The fraction of sp³-hybridized carbons (Fsp3) is 0.696. The maximum atomic E-state index is 5.71. The van der Waals surface area contributed by atoms with E-state index in [4.69, 9.17) is 9.47 Å². The lowest BCUT2D eigenvalue weighted by molar-refractivity contribution is 0.0168. The number of hydrogen-bond acceptors (Lipinski definition) is 4. The van der Waals surface area contributed by atoms with Gasteiger partial charge in [-0.15, -0.1) is 0 Å². The number of nitrogens with zero attached hydrogens (tertiary/aromatic N) is 2. The molecule has 6 nitrogen and oxygen atoms in total. The molecule has 2 N–H and O–H groups in total. The van der Waals surface area contributed by atoms with Gasteiger partial charge in [0.2, 0.25) is 0 Å². The molecule has 0 spiro atoms. The number of benzene rings is 1. The first-order valence-corrected chi connectivity index (χ1v) is 11.2. The molecule has 0 radical (unpaired) electrons. The summed E-state index contributed by atoms with van der Waals surface area (Å²) < 4.78 is 11.3. The summed E-state index contributed by atoms with van der Waals surface area (Å²) in [5.41, 5.74) is 1.43. The van der Waals surface area contributed by atoms with E-state index in [0.717, 1.165) is 64.7 Å². The molecule has 0 bridgehead atoms. The first kappa shape index (κ1) is 22.1. The van der Waals surface area contributed by atoms with Gasteiger partial charge in [-0.25, -0.2) is 0 Å². The monoisotopic (exact) mass is 402 g/mol. The molecule has 0 saturated carbocycles. The van der Waals surface area contributed by atoms with Crippen LogP contribution < -0.4 is 10.6 Å². The number of nitrogens with one attached hydrogen (secondary N) is 2. The lowest BCUT2D eigenvalue weighted by Gasteiger charge is -2.17. The van der Waals surface area contributed by atoms with E-state index in [-0.39, 0.29) is 0 Å². The summed E-state index contributed by atoms with van der Waals surface area (Å²) in [6.45, 7) is 7.78. The molecule has 2 atom stereocenters. The van der Waals surface area contributed by atoms with Crippen molar-refractivity contribution in [2.24, 2.45) is 10.9 Å². The highest BCUT2D eigenvalue weighted by atomic mass is 16.5. The highest BCUT2D eigenvalue weighted by Crippen LogP contribution is 2.16. The topological polar surface area (TPSA) is 58.1 Å². The van der Waals surface area contributed by atoms with Crippen LogP contribution in [0.2, 0.25) is 0 Å². The van der Waals surface area contributed by atoms with Crippen LogP contribution in [-0.2, 0) is 15.9 Å². The number of hydrogen-bond donors (Lipinski definition) is 2. The summed E-state index contributed by atoms with van der Waals surface area (Å²) in [5.74, 6) is 1.59. The first-order chi connectivity index (χ1) is 14.3. The Kier molecular flexibility index (Phi) is 9.76. The molecule has 0 amide bonds. The van der Waals surface area contributed by atoms with Crippen molar-refractivity contribution in [3.63, 3.8) is 0 Å². The van der Waals surface area contributed by atoms with E-state index in [1.807, 2.05) is 7.05 Å². The molecular formula is C23H38N4O2. The van der Waals surface area contributed by atoms with E-state index >= 15 is 0 Å². The van der Waals surface area contributed by atoms with Gasteiger partial charge in [-0.1, -0.05) is 30.3 Å². The molecular weight excluding hydrogens is 364 g/mol. The van der Waals surface area contributed by atoms with Gasteiger partial charge in [-0.05, 0) is 50.1 Å². The van der Waals surface area contributed by atoms with Crippen molar-refractivity contribution in [3.8, 4) is 0 Å². The van der Waals surface area contributed by atoms with Gasteiger partial charge in [0.25, 0.3) is 0 Å². The zero-order chi connectivity index (χ0) is 20.2. The van der Waals surface area contributed by atoms with Crippen LogP contribution in [0.3, 0.4) is 0 Å². The Balaban J connectivity index is 1.21. The van der Waals surface area contributed by atoms with Crippen molar-refractivity contribution >= 4 is 5.96 Å². The second-order valence-corrected chi connectivity index (χ2v) is 8.13. The highest BCUT2D eigenvalue weighted by Gasteiger charge is 2.22. The molecule has 29 heavy (non-hydrogen) atoms. The van der Waals surface area contributed by atoms with Crippen molar-refractivity contribution < 1.29 is 9.47 Å². The van der Waals surface area contributed by atoms with Gasteiger partial charge in [-0.3, -0.25) is 4.99 Å². The molecule has 2 unspecified atom stereocenters. The summed E-state index contributed by atoms with van der Waals surface area (Å²) in [6, 6.07) is 10.8. The summed E-state index contributed by atoms with van der Waals surface area (Å²) >= 11 is 0. The predicted octanol–water partition coefficient (Wildman–Crippen LogP) is 2.30. The molecule has 0 aliphatic carbocycles. The summed E-state index contributed by atoms with van der Waals surface area (Å²) in [7, 11) is 1.84. The van der Waals surface area contributed by atoms with Gasteiger partial charge in [0, 0.05) is 46.4 Å². The molecule has 0 aromatic heterocycles. The largest absolute Gasteiger partial charge is 0.379 e. The molecule has 6 heteroatoms. The van der Waals surface area contributed by atoms with Crippen molar-refractivity contribution in [1.82, 2.24) is 15.5 Å². The van der Waals surface area contributed by atoms with Gasteiger partial charge in [0.15, 0.2) is 5.96 Å². The molecule has 1 aromatic rings. The Morgan fingerprint density at radius 2 is 2.14 bits per heavy atom. The van der Waals surface area contributed by atoms with Crippen LogP contribution in [0.5, 0.6) is 0 Å². The van der Waals surface area contributed by atoms with Crippen LogP contribution in [0.4, 0.5) is 0 Å². The third kappa shape index (κ3) is 8.33. The smallest absolute Gasteiger partial charge is 0.190 e. The molecule has 2 saturated heterocycles. The maximum absolute atomic E-state index is 5.71. The number of aliphatic imine (C=N–C) groups is 1. The Morgan fingerprint density at radius 3 is 2.93 bits per heavy atom. The zero-order valence-corrected chi connectivity index (χ0v) is 17.9. The SMILES string of the molecule is CN=C(NCCCOCC1CCCO1)NCC1CCN(CCc2ccccc2)C1. The normalized spacial score (nSPS) is 22.9. The third-order valence-corrected chi connectivity index (χ3v) is 5.80. The van der Waals surface area contributed by atoms with E-state index in [1.54, 1.807) is 0 Å². The standard InChI is InChI=1S/C23H38N4O2/c1-24-23(25-12-6-15-28-19-22-9-5-16-29-22)26-17-21-11-14-27(18-21)13-10-20-7-3-2-4-8-20/h2-4,7-8,21-22H,5-6,9-19H2,1H3,(H2,24,25,26). The summed E-state index contributed by atoms with van der Waals surface area (Å²) in [6.07, 6.45) is 6.00. The van der Waals surface area contributed by atoms with Gasteiger partial charge in [0.1, 0.15) is 0 Å². The number of likely N-dealkylation sites (tertiary alicyclic amines) is 1. The second-order valence-electron chi connectivity index (χ2n) is 8.13. The second kappa shape index (κ2) is 12.8. The Morgan fingerprint density at radius 1 is 1.24 bits per heavy atom. The quantitative estimate of drug-likeness (QED) is 0.338. The van der Waals surface area contributed by atoms with Crippen LogP contribution in [0.25, 0.3) is 0 Å². The van der Waals surface area contributed by atoms with Gasteiger partial charge < -0.3 is 25.0 Å². The summed E-state index contributed by atoms with van der Waals surface area (Å²) in [5, 5.41) is 6.89. The third-order valence-electron chi connectivity index (χ3n) is 5.80. The van der Waals surface area contributed by atoms with E-state index in [1.165, 1.54) is 31.5 Å². The highest BCUT2D eigenvalue weighted by molar-refractivity contribution is 5.79. The molecule has 2 aliphatic heterocycles. The predicted molar refractivity (Wildman–Crippen MR) is 118 cm³/mol. The molecule has 2 heterocycles. The number of ether oxygens (including phenoxy) is 2. The van der Waals surface area contributed by atoms with Crippen molar-refractivity contribution in [3.05, 3.63) is 35.9 Å². The molecule has 1 aromatic carbocycles. The first-order valence-electron chi connectivity index (χ1n) is 11.2. The van der Waals surface area contributed by atoms with E-state index in [9.17, 15) is 0 Å². The minimum absolute atomic E-state index is 0.316. The van der Waals surface area contributed by atoms with Crippen molar-refractivity contribution in [2.45, 2.75) is 38.2 Å². The average Bonchev–Trinajstić information content (AvgIpc) is 3.44. The molecule has 2 aliphatic rings. The van der Waals surface area contributed by atoms with E-state index in [2.05, 4.69) is 50.9 Å². The number of guanidine groups is 1. The van der Waals surface area contributed by atoms with Crippen LogP contribution in [0.1, 0.15) is 31.2 Å². The van der Waals surface area contributed by atoms with E-state index in [0.29, 0.717) is 12.0 Å². The number of rotatable bonds is 11. The molecule has 3 rings (SSSR count). The van der Waals surface area contributed by atoms with Crippen LogP contribution >= 0.6 is 0 Å². The summed E-state index contributed by atoms with van der Waals surface area (Å²) in [4.78, 5) is 6.93. The minimum Gasteiger partial charge on any atom is -0.379 e. The van der Waals surface area contributed by atoms with Gasteiger partial charge in [0.05, 0.1) is 12.7 Å². The lowest BCUT2D eigenvalue weighted by atomic mass is 10.1. The Hall–Kier alpha value is -1.63. The van der Waals surface area contributed by atoms with E-state index < -0.39 is 0 Å². The minimum atomic E-state index is 0.316. The fourth-order valence-electron chi connectivity index (χ4n) is 4.05. The molecule has 162 valence electrons. The molecule has 2 fully saturated rings. The fourth-order valence-corrected chi connectivity index (χ4v) is 4.05. The average molecular weight is 403 g/mol. The van der Waals surface area contributed by atoms with Crippen LogP contribution in [-0.4, -0.2) is 76.6 Å².